The fourth-order valence-corrected chi connectivity index (χ4v) is 0.768. The van der Waals surface area contributed by atoms with Crippen molar-refractivity contribution in [1.29, 1.82) is 0 Å². The molecule has 1 amide bonds. The Hall–Kier alpha value is -0.220. The van der Waals surface area contributed by atoms with E-state index in [-0.39, 0.29) is 5.91 Å². The van der Waals surface area contributed by atoms with Crippen LogP contribution < -0.4 is 11.1 Å². The Labute approximate surface area is 73.1 Å². The standard InChI is InChI=1S/C7H16N2OS/c1-2-3-4-9-7(10)6(8)5-11/h6,11H,2-5,8H2,1H3,(H,9,10)/t6-/m0/s1/i7+1,10+2. The van der Waals surface area contributed by atoms with Gasteiger partial charge in [0.2, 0.25) is 5.91 Å². The minimum absolute atomic E-state index is 0.103. The van der Waals surface area contributed by atoms with E-state index in [0.717, 1.165) is 19.4 Å². The van der Waals surface area contributed by atoms with Gasteiger partial charge in [-0.15, -0.1) is 0 Å². The van der Waals surface area contributed by atoms with E-state index in [2.05, 4.69) is 24.9 Å². The molecule has 0 fully saturated rings. The fourth-order valence-electron chi connectivity index (χ4n) is 0.602. The van der Waals surface area contributed by atoms with Gasteiger partial charge >= 0.3 is 0 Å². The first-order valence-electron chi connectivity index (χ1n) is 3.86. The largest absolute Gasteiger partial charge is 0.355 e. The number of carbonyl (C=O) groups excluding carboxylic acids is 1. The molecule has 3 N–H and O–H groups in total. The maximum Gasteiger partial charge on any atom is 0.237 e. The number of amides is 1. The van der Waals surface area contributed by atoms with Gasteiger partial charge in [-0.2, -0.15) is 12.6 Å². The molecule has 0 heterocycles. The molecular weight excluding hydrogens is 163 g/mol. The molecule has 0 aliphatic carbocycles. The lowest BCUT2D eigenvalue weighted by Crippen LogP contribution is -2.42. The smallest absolute Gasteiger partial charge is 0.237 e. The van der Waals surface area contributed by atoms with Crippen LogP contribution in [0, 0.1) is 0 Å². The highest BCUT2D eigenvalue weighted by Crippen LogP contribution is 1.86. The van der Waals surface area contributed by atoms with Gasteiger partial charge in [-0.1, -0.05) is 13.3 Å². The van der Waals surface area contributed by atoms with E-state index < -0.39 is 6.04 Å². The van der Waals surface area contributed by atoms with Crippen LogP contribution in [0.15, 0.2) is 0 Å². The molecule has 0 aromatic rings. The summed E-state index contributed by atoms with van der Waals surface area (Å²) in [5.41, 5.74) is 5.41. The number of nitrogens with one attached hydrogen (secondary N) is 1. The van der Waals surface area contributed by atoms with Crippen molar-refractivity contribution in [2.45, 2.75) is 25.8 Å². The van der Waals surface area contributed by atoms with Crippen molar-refractivity contribution in [3.05, 3.63) is 0 Å². The van der Waals surface area contributed by atoms with Crippen LogP contribution >= 0.6 is 12.6 Å². The monoisotopic (exact) mass is 179 g/mol. The lowest BCUT2D eigenvalue weighted by atomic mass is 10.3. The summed E-state index contributed by atoms with van der Waals surface area (Å²) in [4.78, 5) is 11.0. The van der Waals surface area contributed by atoms with Crippen molar-refractivity contribution < 1.29 is 4.79 Å². The van der Waals surface area contributed by atoms with Crippen LogP contribution in [0.2, 0.25) is 0 Å². The maximum absolute atomic E-state index is 11.0. The summed E-state index contributed by atoms with van der Waals surface area (Å²) in [5.74, 6) is 0.297. The Morgan fingerprint density at radius 1 is 1.73 bits per heavy atom. The minimum Gasteiger partial charge on any atom is -0.355 e. The highest BCUT2D eigenvalue weighted by Gasteiger charge is 2.08. The van der Waals surface area contributed by atoms with Crippen LogP contribution in [0.25, 0.3) is 0 Å². The van der Waals surface area contributed by atoms with Crippen LogP contribution in [0.1, 0.15) is 19.8 Å². The van der Waals surface area contributed by atoms with E-state index in [1.807, 2.05) is 0 Å². The second-order valence-electron chi connectivity index (χ2n) is 2.43. The number of hydrogen-bond acceptors (Lipinski definition) is 3. The van der Waals surface area contributed by atoms with Crippen LogP contribution in [-0.2, 0) is 4.79 Å². The van der Waals surface area contributed by atoms with Gasteiger partial charge in [0.15, 0.2) is 0 Å². The molecule has 0 saturated heterocycles. The Balaban J connectivity index is 3.36. The lowest BCUT2D eigenvalue weighted by molar-refractivity contribution is -0.121. The van der Waals surface area contributed by atoms with E-state index in [0.29, 0.717) is 5.75 Å². The molecule has 0 rings (SSSR count). The first-order chi connectivity index (χ1) is 5.22. The number of thiol groups is 1. The van der Waals surface area contributed by atoms with Gasteiger partial charge < -0.3 is 11.1 Å². The molecule has 0 aromatic carbocycles. The molecule has 1 atom stereocenters. The molecule has 0 unspecified atom stereocenters. The van der Waals surface area contributed by atoms with E-state index in [1.165, 1.54) is 0 Å². The van der Waals surface area contributed by atoms with Gasteiger partial charge in [0.1, 0.15) is 0 Å². The number of nitrogens with two attached hydrogens (primary N) is 1. The van der Waals surface area contributed by atoms with Gasteiger partial charge in [0.25, 0.3) is 0 Å². The van der Waals surface area contributed by atoms with Crippen molar-refractivity contribution in [3.63, 3.8) is 0 Å². The highest BCUT2D eigenvalue weighted by molar-refractivity contribution is 7.80. The molecule has 3 nitrogen and oxygen atoms in total. The van der Waals surface area contributed by atoms with E-state index >= 15 is 0 Å². The molecule has 66 valence electrons. The first kappa shape index (κ1) is 10.8. The summed E-state index contributed by atoms with van der Waals surface area (Å²) in [5, 5.41) is 2.72. The average Bonchev–Trinajstić information content (AvgIpc) is 2.03. The Morgan fingerprint density at radius 3 is 2.82 bits per heavy atom. The third-order valence-corrected chi connectivity index (χ3v) is 1.76. The summed E-state index contributed by atoms with van der Waals surface area (Å²) >= 11 is 3.91. The molecule has 0 radical (unpaired) electrons. The Bertz CT molecular complexity index is 119. The van der Waals surface area contributed by atoms with Crippen molar-refractivity contribution in [1.82, 2.24) is 5.32 Å². The molecule has 0 aliphatic rings. The zero-order chi connectivity index (χ0) is 8.69. The second-order valence-corrected chi connectivity index (χ2v) is 2.80. The van der Waals surface area contributed by atoms with Gasteiger partial charge in [-0.3, -0.25) is 4.79 Å². The Morgan fingerprint density at radius 2 is 2.36 bits per heavy atom. The molecular formula is C7H16N2OS. The van der Waals surface area contributed by atoms with Crippen molar-refractivity contribution >= 4 is 18.5 Å². The van der Waals surface area contributed by atoms with Crippen molar-refractivity contribution in [2.75, 3.05) is 12.3 Å². The quantitative estimate of drug-likeness (QED) is 0.244. The number of unbranched alkanes of at least 4 members (excludes halogenated alkanes) is 1. The van der Waals surface area contributed by atoms with Gasteiger partial charge in [0, 0.05) is 12.3 Å². The summed E-state index contributed by atoms with van der Waals surface area (Å²) in [6.45, 7) is 2.79. The molecule has 0 spiro atoms. The van der Waals surface area contributed by atoms with Gasteiger partial charge in [-0.05, 0) is 6.42 Å². The zero-order valence-electron chi connectivity index (χ0n) is 6.84. The zero-order valence-corrected chi connectivity index (χ0v) is 7.73. The molecule has 0 aliphatic heterocycles. The summed E-state index contributed by atoms with van der Waals surface area (Å²) in [6, 6.07) is -0.463. The van der Waals surface area contributed by atoms with Crippen LogP contribution in [0.3, 0.4) is 0 Å². The van der Waals surface area contributed by atoms with Crippen molar-refractivity contribution in [2.24, 2.45) is 5.73 Å². The van der Waals surface area contributed by atoms with Crippen LogP contribution in [-0.4, -0.2) is 24.2 Å². The number of rotatable bonds is 5. The summed E-state index contributed by atoms with van der Waals surface area (Å²) in [6.07, 6.45) is 2.08. The highest BCUT2D eigenvalue weighted by atomic mass is 32.1. The average molecular weight is 179 g/mol. The van der Waals surface area contributed by atoms with Crippen LogP contribution in [0.4, 0.5) is 0 Å². The lowest BCUT2D eigenvalue weighted by Gasteiger charge is -2.08. The predicted molar refractivity (Wildman–Crippen MR) is 49.7 cm³/mol. The summed E-state index contributed by atoms with van der Waals surface area (Å²) in [7, 11) is 0. The molecule has 0 aromatic heterocycles. The number of hydrogen-bond donors (Lipinski definition) is 3. The van der Waals surface area contributed by atoms with E-state index in [9.17, 15) is 4.79 Å². The van der Waals surface area contributed by atoms with Crippen LogP contribution in [0.5, 0.6) is 0 Å². The SMILES string of the molecule is CCCCN[13C](=[18O])[C@@H](N)CS. The normalized spacial score (nSPS) is 12.6. The predicted octanol–water partition coefficient (Wildman–Crippen LogP) is 0.160. The van der Waals surface area contributed by atoms with Gasteiger partial charge in [0.05, 0.1) is 6.04 Å². The molecule has 11 heavy (non-hydrogen) atoms. The maximum atomic E-state index is 11.0. The molecule has 0 bridgehead atoms. The van der Waals surface area contributed by atoms with Gasteiger partial charge in [-0.25, -0.2) is 0 Å². The first-order valence-corrected chi connectivity index (χ1v) is 4.49. The molecule has 4 heteroatoms. The van der Waals surface area contributed by atoms with E-state index in [4.69, 9.17) is 5.73 Å². The third kappa shape index (κ3) is 5.09. The second kappa shape index (κ2) is 6.49. The topological polar surface area (TPSA) is 55.1 Å². The molecule has 0 saturated carbocycles. The third-order valence-electron chi connectivity index (χ3n) is 1.36. The Kier molecular flexibility index (Phi) is 6.36. The summed E-state index contributed by atoms with van der Waals surface area (Å²) < 4.78 is 0. The number of carbonyl (C=O) groups is 1. The van der Waals surface area contributed by atoms with E-state index in [1.54, 1.807) is 0 Å². The van der Waals surface area contributed by atoms with Crippen molar-refractivity contribution in [3.8, 4) is 0 Å². The minimum atomic E-state index is -0.463. The fraction of sp³-hybridized carbons (Fsp3) is 0.857.